The predicted octanol–water partition coefficient (Wildman–Crippen LogP) is 1.86. The fraction of sp³-hybridized carbons (Fsp3) is 0.500. The number of halogens is 1. The van der Waals surface area contributed by atoms with Crippen LogP contribution in [0.5, 0.6) is 5.75 Å². The number of benzene rings is 1. The molecule has 2 aromatic rings. The van der Waals surface area contributed by atoms with E-state index in [9.17, 15) is 4.39 Å². The van der Waals surface area contributed by atoms with Crippen LogP contribution in [-0.2, 0) is 6.54 Å². The maximum absolute atomic E-state index is 13.7. The van der Waals surface area contributed by atoms with E-state index in [1.54, 1.807) is 6.07 Å². The van der Waals surface area contributed by atoms with Crippen LogP contribution in [0.15, 0.2) is 12.1 Å². The normalized spacial score (nSPS) is 16.1. The summed E-state index contributed by atoms with van der Waals surface area (Å²) in [5.74, 6) is 0.232. The molecule has 0 amide bonds. The summed E-state index contributed by atoms with van der Waals surface area (Å²) in [5.41, 5.74) is 7.34. The molecule has 20 heavy (non-hydrogen) atoms. The highest BCUT2D eigenvalue weighted by Gasteiger charge is 2.15. The van der Waals surface area contributed by atoms with Gasteiger partial charge in [0.05, 0.1) is 18.1 Å². The highest BCUT2D eigenvalue weighted by atomic mass is 19.1. The standard InChI is InChI=1S/C14H19FN4O/c1-20-13-9-12-11(8-10(13)15)17-14(16)19(12)7-6-18-4-2-3-5-18/h8-9H,2-7H2,1H3,(H2,16,17). The van der Waals surface area contributed by atoms with Crippen LogP contribution in [0.1, 0.15) is 12.8 Å². The smallest absolute Gasteiger partial charge is 0.201 e. The molecule has 1 aromatic heterocycles. The average molecular weight is 278 g/mol. The largest absolute Gasteiger partial charge is 0.494 e. The van der Waals surface area contributed by atoms with Crippen molar-refractivity contribution in [2.45, 2.75) is 19.4 Å². The highest BCUT2D eigenvalue weighted by Crippen LogP contribution is 2.26. The molecular weight excluding hydrogens is 259 g/mol. The van der Waals surface area contributed by atoms with Crippen molar-refractivity contribution in [2.75, 3.05) is 32.5 Å². The van der Waals surface area contributed by atoms with E-state index in [0.29, 0.717) is 11.5 Å². The maximum atomic E-state index is 13.7. The lowest BCUT2D eigenvalue weighted by Gasteiger charge is -2.15. The first kappa shape index (κ1) is 13.2. The SMILES string of the molecule is COc1cc2c(cc1F)nc(N)n2CCN1CCCC1. The van der Waals surface area contributed by atoms with Crippen LogP contribution in [0.3, 0.4) is 0 Å². The molecule has 0 atom stereocenters. The number of nitrogens with zero attached hydrogens (tertiary/aromatic N) is 3. The number of aromatic nitrogens is 2. The summed E-state index contributed by atoms with van der Waals surface area (Å²) in [6, 6.07) is 3.04. The molecule has 0 unspecified atom stereocenters. The summed E-state index contributed by atoms with van der Waals surface area (Å²) < 4.78 is 20.6. The number of nitrogens with two attached hydrogens (primary N) is 1. The molecule has 0 aliphatic carbocycles. The first-order valence-electron chi connectivity index (χ1n) is 6.90. The molecule has 0 radical (unpaired) electrons. The second-order valence-corrected chi connectivity index (χ2v) is 5.15. The Balaban J connectivity index is 1.90. The van der Waals surface area contributed by atoms with Crippen molar-refractivity contribution in [1.29, 1.82) is 0 Å². The molecule has 1 fully saturated rings. The second kappa shape index (κ2) is 5.28. The number of hydrogen-bond donors (Lipinski definition) is 1. The van der Waals surface area contributed by atoms with E-state index >= 15 is 0 Å². The lowest BCUT2D eigenvalue weighted by atomic mass is 10.3. The molecule has 6 heteroatoms. The molecule has 1 aromatic carbocycles. The average Bonchev–Trinajstić information content (AvgIpc) is 3.03. The Morgan fingerprint density at radius 3 is 2.75 bits per heavy atom. The summed E-state index contributed by atoms with van der Waals surface area (Å²) in [7, 11) is 1.46. The summed E-state index contributed by atoms with van der Waals surface area (Å²) >= 11 is 0. The van der Waals surface area contributed by atoms with Crippen LogP contribution in [0.2, 0.25) is 0 Å². The number of fused-ring (bicyclic) bond motifs is 1. The summed E-state index contributed by atoms with van der Waals surface area (Å²) in [5, 5.41) is 0. The number of methoxy groups -OCH3 is 1. The van der Waals surface area contributed by atoms with Gasteiger partial charge in [-0.3, -0.25) is 0 Å². The molecule has 1 saturated heterocycles. The zero-order valence-corrected chi connectivity index (χ0v) is 11.6. The number of anilines is 1. The van der Waals surface area contributed by atoms with Gasteiger partial charge in [-0.2, -0.15) is 0 Å². The molecule has 5 nitrogen and oxygen atoms in total. The van der Waals surface area contributed by atoms with E-state index in [1.165, 1.54) is 26.0 Å². The van der Waals surface area contributed by atoms with E-state index in [-0.39, 0.29) is 5.75 Å². The van der Waals surface area contributed by atoms with Gasteiger partial charge in [-0.25, -0.2) is 9.37 Å². The number of ether oxygens (including phenoxy) is 1. The van der Waals surface area contributed by atoms with Gasteiger partial charge in [0.2, 0.25) is 5.95 Å². The second-order valence-electron chi connectivity index (χ2n) is 5.15. The first-order valence-corrected chi connectivity index (χ1v) is 6.90. The minimum absolute atomic E-state index is 0.222. The number of rotatable bonds is 4. The Labute approximate surface area is 117 Å². The van der Waals surface area contributed by atoms with Crippen LogP contribution in [-0.4, -0.2) is 41.2 Å². The molecule has 0 saturated carbocycles. The molecule has 108 valence electrons. The molecule has 1 aliphatic heterocycles. The van der Waals surface area contributed by atoms with Gasteiger partial charge in [0, 0.05) is 25.2 Å². The monoisotopic (exact) mass is 278 g/mol. The lowest BCUT2D eigenvalue weighted by Crippen LogP contribution is -2.24. The van der Waals surface area contributed by atoms with Crippen LogP contribution in [0, 0.1) is 5.82 Å². The Bertz CT molecular complexity index is 619. The van der Waals surface area contributed by atoms with Crippen molar-refractivity contribution in [1.82, 2.24) is 14.5 Å². The number of hydrogen-bond acceptors (Lipinski definition) is 4. The molecule has 3 rings (SSSR count). The third-order valence-corrected chi connectivity index (χ3v) is 3.89. The minimum Gasteiger partial charge on any atom is -0.494 e. The summed E-state index contributed by atoms with van der Waals surface area (Å²) in [6.45, 7) is 3.99. The van der Waals surface area contributed by atoms with Crippen molar-refractivity contribution in [3.05, 3.63) is 17.9 Å². The number of likely N-dealkylation sites (tertiary alicyclic amines) is 1. The van der Waals surface area contributed by atoms with Crippen molar-refractivity contribution in [2.24, 2.45) is 0 Å². The van der Waals surface area contributed by atoms with Gasteiger partial charge in [0.15, 0.2) is 11.6 Å². The number of imidazole rings is 1. The van der Waals surface area contributed by atoms with Gasteiger partial charge in [-0.05, 0) is 25.9 Å². The van der Waals surface area contributed by atoms with Gasteiger partial charge >= 0.3 is 0 Å². The van der Waals surface area contributed by atoms with E-state index in [1.807, 2.05) is 4.57 Å². The Morgan fingerprint density at radius 1 is 1.30 bits per heavy atom. The minimum atomic E-state index is -0.413. The van der Waals surface area contributed by atoms with Crippen LogP contribution >= 0.6 is 0 Å². The fourth-order valence-corrected chi connectivity index (χ4v) is 2.78. The first-order chi connectivity index (χ1) is 9.69. The van der Waals surface area contributed by atoms with Gasteiger partial charge in [0.25, 0.3) is 0 Å². The summed E-state index contributed by atoms with van der Waals surface area (Å²) in [4.78, 5) is 6.63. The van der Waals surface area contributed by atoms with Crippen molar-refractivity contribution >= 4 is 17.0 Å². The van der Waals surface area contributed by atoms with Gasteiger partial charge in [-0.1, -0.05) is 0 Å². The third-order valence-electron chi connectivity index (χ3n) is 3.89. The van der Waals surface area contributed by atoms with E-state index < -0.39 is 5.82 Å². The van der Waals surface area contributed by atoms with Crippen molar-refractivity contribution < 1.29 is 9.13 Å². The van der Waals surface area contributed by atoms with Crippen LogP contribution in [0.4, 0.5) is 10.3 Å². The Morgan fingerprint density at radius 2 is 2.05 bits per heavy atom. The number of nitrogen functional groups attached to an aromatic ring is 1. The van der Waals surface area contributed by atoms with Crippen molar-refractivity contribution in [3.63, 3.8) is 0 Å². The Hall–Kier alpha value is -1.82. The topological polar surface area (TPSA) is 56.3 Å². The Kier molecular flexibility index (Phi) is 3.48. The molecule has 2 N–H and O–H groups in total. The molecule has 2 heterocycles. The highest BCUT2D eigenvalue weighted by molar-refractivity contribution is 5.80. The quantitative estimate of drug-likeness (QED) is 0.927. The van der Waals surface area contributed by atoms with Gasteiger partial charge in [-0.15, -0.1) is 0 Å². The van der Waals surface area contributed by atoms with Gasteiger partial charge in [0.1, 0.15) is 0 Å². The third kappa shape index (κ3) is 2.31. The maximum Gasteiger partial charge on any atom is 0.201 e. The molecule has 1 aliphatic rings. The molecular formula is C14H19FN4O. The van der Waals surface area contributed by atoms with Crippen LogP contribution in [0.25, 0.3) is 11.0 Å². The van der Waals surface area contributed by atoms with E-state index in [0.717, 1.165) is 31.7 Å². The van der Waals surface area contributed by atoms with Crippen LogP contribution < -0.4 is 10.5 Å². The lowest BCUT2D eigenvalue weighted by molar-refractivity contribution is 0.325. The zero-order valence-electron chi connectivity index (χ0n) is 11.6. The van der Waals surface area contributed by atoms with E-state index in [4.69, 9.17) is 10.5 Å². The molecule has 0 bridgehead atoms. The van der Waals surface area contributed by atoms with E-state index in [2.05, 4.69) is 9.88 Å². The predicted molar refractivity (Wildman–Crippen MR) is 76.3 cm³/mol. The fourth-order valence-electron chi connectivity index (χ4n) is 2.78. The molecule has 0 spiro atoms. The van der Waals surface area contributed by atoms with Crippen molar-refractivity contribution in [3.8, 4) is 5.75 Å². The zero-order chi connectivity index (χ0) is 14.1. The van der Waals surface area contributed by atoms with Gasteiger partial charge < -0.3 is 19.9 Å². The summed E-state index contributed by atoms with van der Waals surface area (Å²) in [6.07, 6.45) is 2.53.